The van der Waals surface area contributed by atoms with E-state index in [1.807, 2.05) is 0 Å². The van der Waals surface area contributed by atoms with Crippen LogP contribution in [-0.4, -0.2) is 6.61 Å². The zero-order valence-electron chi connectivity index (χ0n) is 8.11. The molecule has 4 heteroatoms. The third kappa shape index (κ3) is 3.52. The second-order valence-electron chi connectivity index (χ2n) is 2.72. The van der Waals surface area contributed by atoms with Gasteiger partial charge in [0.05, 0.1) is 6.61 Å². The summed E-state index contributed by atoms with van der Waals surface area (Å²) in [6, 6.07) is 2.44. The van der Waals surface area contributed by atoms with Crippen molar-refractivity contribution >= 4 is 15.9 Å². The van der Waals surface area contributed by atoms with E-state index in [-0.39, 0.29) is 12.4 Å². The largest absolute Gasteiger partial charge is 0.489 e. The molecule has 80 valence electrons. The monoisotopic (exact) mass is 274 g/mol. The van der Waals surface area contributed by atoms with E-state index in [4.69, 9.17) is 4.74 Å². The van der Waals surface area contributed by atoms with Crippen LogP contribution in [0.3, 0.4) is 0 Å². The molecule has 0 heterocycles. The van der Waals surface area contributed by atoms with Gasteiger partial charge in [0.1, 0.15) is 0 Å². The van der Waals surface area contributed by atoms with Crippen molar-refractivity contribution in [1.29, 1.82) is 0 Å². The lowest BCUT2D eigenvalue weighted by molar-refractivity contribution is 0.303. The maximum absolute atomic E-state index is 13.1. The van der Waals surface area contributed by atoms with E-state index in [0.717, 1.165) is 6.07 Å². The van der Waals surface area contributed by atoms with Gasteiger partial charge in [-0.1, -0.05) is 15.9 Å². The lowest BCUT2D eigenvalue weighted by Gasteiger charge is -2.06. The van der Waals surface area contributed by atoms with Crippen LogP contribution in [-0.2, 0) is 0 Å². The summed E-state index contributed by atoms with van der Waals surface area (Å²) in [6.07, 6.45) is 0.490. The van der Waals surface area contributed by atoms with Gasteiger partial charge < -0.3 is 4.74 Å². The van der Waals surface area contributed by atoms with Gasteiger partial charge in [0, 0.05) is 10.9 Å². The van der Waals surface area contributed by atoms with Crippen LogP contribution in [0.5, 0.6) is 5.75 Å². The Morgan fingerprint density at radius 2 is 2.13 bits per heavy atom. The minimum absolute atomic E-state index is 0.0974. The molecule has 0 unspecified atom stereocenters. The van der Waals surface area contributed by atoms with Crippen LogP contribution < -0.4 is 4.74 Å². The van der Waals surface area contributed by atoms with E-state index in [1.54, 1.807) is 6.92 Å². The Balaban J connectivity index is 2.70. The van der Waals surface area contributed by atoms with Crippen molar-refractivity contribution in [3.8, 4) is 17.6 Å². The van der Waals surface area contributed by atoms with Crippen molar-refractivity contribution < 1.29 is 13.5 Å². The number of hydrogen-bond donors (Lipinski definition) is 0. The van der Waals surface area contributed by atoms with Crippen molar-refractivity contribution in [2.45, 2.75) is 13.3 Å². The Bertz CT molecular complexity index is 407. The van der Waals surface area contributed by atoms with E-state index in [1.165, 1.54) is 6.07 Å². The highest BCUT2D eigenvalue weighted by Gasteiger charge is 2.10. The van der Waals surface area contributed by atoms with Gasteiger partial charge in [-0.15, -0.1) is 11.8 Å². The quantitative estimate of drug-likeness (QED) is 0.466. The fraction of sp³-hybridized carbons (Fsp3) is 0.273. The molecule has 0 spiro atoms. The number of hydrogen-bond acceptors (Lipinski definition) is 1. The van der Waals surface area contributed by atoms with Gasteiger partial charge in [0.25, 0.3) is 0 Å². The minimum Gasteiger partial charge on any atom is -0.489 e. The molecule has 1 rings (SSSR count). The van der Waals surface area contributed by atoms with Crippen molar-refractivity contribution in [2.24, 2.45) is 0 Å². The lowest BCUT2D eigenvalue weighted by atomic mass is 10.3. The Labute approximate surface area is 95.6 Å². The van der Waals surface area contributed by atoms with Crippen LogP contribution in [0.25, 0.3) is 0 Å². The average molecular weight is 275 g/mol. The van der Waals surface area contributed by atoms with Crippen LogP contribution in [0.2, 0.25) is 0 Å². The molecule has 0 fully saturated rings. The maximum Gasteiger partial charge on any atom is 0.200 e. The number of rotatable bonds is 3. The zero-order valence-corrected chi connectivity index (χ0v) is 9.70. The fourth-order valence-electron chi connectivity index (χ4n) is 0.974. The summed E-state index contributed by atoms with van der Waals surface area (Å²) in [7, 11) is 0. The van der Waals surface area contributed by atoms with Crippen molar-refractivity contribution in [2.75, 3.05) is 6.61 Å². The van der Waals surface area contributed by atoms with E-state index in [0.29, 0.717) is 10.9 Å². The summed E-state index contributed by atoms with van der Waals surface area (Å²) < 4.78 is 31.5. The van der Waals surface area contributed by atoms with Gasteiger partial charge in [0.15, 0.2) is 11.6 Å². The van der Waals surface area contributed by atoms with Gasteiger partial charge >= 0.3 is 0 Å². The first-order valence-corrected chi connectivity index (χ1v) is 5.11. The molecule has 1 aromatic carbocycles. The van der Waals surface area contributed by atoms with Crippen LogP contribution in [0, 0.1) is 23.5 Å². The molecular formula is C11H9BrF2O. The summed E-state index contributed by atoms with van der Waals surface area (Å²) in [5.74, 6) is 3.45. The molecule has 0 aliphatic heterocycles. The van der Waals surface area contributed by atoms with Crippen LogP contribution in [0.4, 0.5) is 8.78 Å². The molecule has 0 aliphatic carbocycles. The smallest absolute Gasteiger partial charge is 0.200 e. The third-order valence-electron chi connectivity index (χ3n) is 1.62. The molecular weight excluding hydrogens is 266 g/mol. The molecule has 1 nitrogen and oxygen atoms in total. The van der Waals surface area contributed by atoms with Gasteiger partial charge in [0.2, 0.25) is 5.82 Å². The Morgan fingerprint density at radius 3 is 2.80 bits per heavy atom. The van der Waals surface area contributed by atoms with Crippen LogP contribution in [0.1, 0.15) is 13.3 Å². The first-order valence-electron chi connectivity index (χ1n) is 4.32. The molecule has 0 radical (unpaired) electrons. The fourth-order valence-corrected chi connectivity index (χ4v) is 1.38. The summed E-state index contributed by atoms with van der Waals surface area (Å²) in [4.78, 5) is 0. The predicted octanol–water partition coefficient (Wildman–Crippen LogP) is 3.52. The molecule has 15 heavy (non-hydrogen) atoms. The van der Waals surface area contributed by atoms with Crippen LogP contribution in [0.15, 0.2) is 16.6 Å². The first-order chi connectivity index (χ1) is 7.15. The second kappa shape index (κ2) is 5.72. The maximum atomic E-state index is 13.1. The average Bonchev–Trinajstić information content (AvgIpc) is 2.19. The second-order valence-corrected chi connectivity index (χ2v) is 3.64. The minimum atomic E-state index is -0.970. The molecule has 0 saturated carbocycles. The molecule has 0 saturated heterocycles. The van der Waals surface area contributed by atoms with Gasteiger partial charge in [-0.3, -0.25) is 0 Å². The molecule has 0 N–H and O–H groups in total. The number of benzene rings is 1. The third-order valence-corrected chi connectivity index (χ3v) is 2.08. The van der Waals surface area contributed by atoms with Gasteiger partial charge in [-0.25, -0.2) is 4.39 Å². The molecule has 0 bridgehead atoms. The lowest BCUT2D eigenvalue weighted by Crippen LogP contribution is -1.99. The van der Waals surface area contributed by atoms with Crippen molar-refractivity contribution in [1.82, 2.24) is 0 Å². The Hall–Kier alpha value is -1.08. The summed E-state index contributed by atoms with van der Waals surface area (Å²) in [5, 5.41) is 0. The first kappa shape index (κ1) is 12.0. The van der Waals surface area contributed by atoms with Gasteiger partial charge in [-0.2, -0.15) is 4.39 Å². The molecule has 0 atom stereocenters. The Morgan fingerprint density at radius 1 is 1.40 bits per heavy atom. The summed E-state index contributed by atoms with van der Waals surface area (Å²) in [6.45, 7) is 1.95. The topological polar surface area (TPSA) is 9.23 Å². The van der Waals surface area contributed by atoms with Crippen molar-refractivity contribution in [3.63, 3.8) is 0 Å². The molecule has 1 aromatic rings. The zero-order chi connectivity index (χ0) is 11.3. The number of ether oxygens (including phenoxy) is 1. The highest BCUT2D eigenvalue weighted by atomic mass is 79.9. The van der Waals surface area contributed by atoms with E-state index >= 15 is 0 Å². The Kier molecular flexibility index (Phi) is 4.57. The highest BCUT2D eigenvalue weighted by Crippen LogP contribution is 2.25. The van der Waals surface area contributed by atoms with E-state index in [2.05, 4.69) is 27.8 Å². The normalized spacial score (nSPS) is 9.33. The molecule has 0 aromatic heterocycles. The summed E-state index contributed by atoms with van der Waals surface area (Å²) >= 11 is 3.06. The van der Waals surface area contributed by atoms with E-state index in [9.17, 15) is 8.78 Å². The molecule has 0 amide bonds. The van der Waals surface area contributed by atoms with E-state index < -0.39 is 11.6 Å². The standard InChI is InChI=1S/C11H9BrF2O/c1-2-3-4-5-15-10-7-8(12)6-9(13)11(10)14/h6-7H,4-5H2,1H3. The molecule has 0 aliphatic rings. The SMILES string of the molecule is CC#CCCOc1cc(Br)cc(F)c1F. The summed E-state index contributed by atoms with van der Waals surface area (Å²) in [5.41, 5.74) is 0. The predicted molar refractivity (Wildman–Crippen MR) is 57.6 cm³/mol. The van der Waals surface area contributed by atoms with Crippen LogP contribution >= 0.6 is 15.9 Å². The van der Waals surface area contributed by atoms with Crippen molar-refractivity contribution in [3.05, 3.63) is 28.2 Å². The van der Waals surface area contributed by atoms with Gasteiger partial charge in [-0.05, 0) is 19.1 Å². The number of halogens is 3. The highest BCUT2D eigenvalue weighted by molar-refractivity contribution is 9.10.